The highest BCUT2D eigenvalue weighted by molar-refractivity contribution is 8.00. The molecule has 1 aliphatic heterocycles. The van der Waals surface area contributed by atoms with Gasteiger partial charge in [0.15, 0.2) is 0 Å². The summed E-state index contributed by atoms with van der Waals surface area (Å²) in [5, 5.41) is 15.1. The number of amides is 1. The lowest BCUT2D eigenvalue weighted by atomic mass is 10.2. The summed E-state index contributed by atoms with van der Waals surface area (Å²) < 4.78 is 1.64. The van der Waals surface area contributed by atoms with E-state index in [1.165, 1.54) is 17.3 Å². The molecule has 0 radical (unpaired) electrons. The Morgan fingerprint density at radius 1 is 1.46 bits per heavy atom. The molecule has 8 heteroatoms. The molecule has 3 rings (SSSR count). The summed E-state index contributed by atoms with van der Waals surface area (Å²) in [6, 6.07) is 10.6. The zero-order chi connectivity index (χ0) is 18.4. The lowest BCUT2D eigenvalue weighted by Gasteiger charge is -2.18. The molecule has 1 N–H and O–H groups in total. The first-order valence-electron chi connectivity index (χ1n) is 8.76. The van der Waals surface area contributed by atoms with E-state index < -0.39 is 0 Å². The zero-order valence-electron chi connectivity index (χ0n) is 14.9. The fourth-order valence-corrected chi connectivity index (χ4v) is 3.79. The molecule has 1 aromatic heterocycles. The number of nitrogens with zero attached hydrogens (tertiary/aromatic N) is 5. The molecule has 0 aliphatic carbocycles. The molecule has 7 nitrogen and oxygen atoms in total. The lowest BCUT2D eigenvalue weighted by molar-refractivity contribution is -0.120. The van der Waals surface area contributed by atoms with Crippen LogP contribution < -0.4 is 5.32 Å². The smallest absolute Gasteiger partial charge is 0.233 e. The molecule has 1 aromatic carbocycles. The number of aromatic nitrogens is 4. The van der Waals surface area contributed by atoms with Gasteiger partial charge in [0.1, 0.15) is 0 Å². The molecule has 1 amide bonds. The highest BCUT2D eigenvalue weighted by Crippen LogP contribution is 2.21. The van der Waals surface area contributed by atoms with E-state index in [1.807, 2.05) is 13.0 Å². The van der Waals surface area contributed by atoms with Crippen molar-refractivity contribution in [3.8, 4) is 0 Å². The molecule has 0 saturated carbocycles. The lowest BCUT2D eigenvalue weighted by Crippen LogP contribution is -2.40. The maximum Gasteiger partial charge on any atom is 0.233 e. The van der Waals surface area contributed by atoms with Crippen LogP contribution in [0.15, 0.2) is 48.1 Å². The van der Waals surface area contributed by atoms with Crippen molar-refractivity contribution < 1.29 is 4.79 Å². The van der Waals surface area contributed by atoms with E-state index in [2.05, 4.69) is 56.6 Å². The van der Waals surface area contributed by atoms with Crippen molar-refractivity contribution in [2.45, 2.75) is 42.9 Å². The number of carbonyl (C=O) groups is 1. The first-order valence-corrected chi connectivity index (χ1v) is 9.64. The number of tetrazole rings is 1. The molecule has 2 heterocycles. The fraction of sp³-hybridized carbons (Fsp3) is 0.444. The molecule has 1 aliphatic rings. The summed E-state index contributed by atoms with van der Waals surface area (Å²) in [5.74, 6) is 0.0229. The van der Waals surface area contributed by atoms with Crippen molar-refractivity contribution in [3.63, 3.8) is 0 Å². The van der Waals surface area contributed by atoms with Crippen LogP contribution in [0.2, 0.25) is 0 Å². The van der Waals surface area contributed by atoms with Gasteiger partial charge in [0.25, 0.3) is 0 Å². The number of hydrogen-bond donors (Lipinski definition) is 1. The van der Waals surface area contributed by atoms with Crippen LogP contribution >= 0.6 is 11.8 Å². The van der Waals surface area contributed by atoms with Crippen molar-refractivity contribution in [1.82, 2.24) is 30.4 Å². The SMILES string of the molecule is C=CCn1nnnc1S[C@@H](C)C(=O)N[C@H]1CCN(Cc2ccccc2)C1. The van der Waals surface area contributed by atoms with Crippen LogP contribution in [0, 0.1) is 0 Å². The summed E-state index contributed by atoms with van der Waals surface area (Å²) >= 11 is 1.37. The van der Waals surface area contributed by atoms with E-state index in [-0.39, 0.29) is 17.2 Å². The third kappa shape index (κ3) is 4.92. The van der Waals surface area contributed by atoms with Gasteiger partial charge in [-0.3, -0.25) is 9.69 Å². The fourth-order valence-electron chi connectivity index (χ4n) is 2.98. The Labute approximate surface area is 157 Å². The van der Waals surface area contributed by atoms with Gasteiger partial charge < -0.3 is 5.32 Å². The Morgan fingerprint density at radius 2 is 2.27 bits per heavy atom. The van der Waals surface area contributed by atoms with Crippen LogP contribution in [0.3, 0.4) is 0 Å². The third-order valence-electron chi connectivity index (χ3n) is 4.32. The van der Waals surface area contributed by atoms with Crippen molar-refractivity contribution in [2.24, 2.45) is 0 Å². The molecule has 1 saturated heterocycles. The number of nitrogens with one attached hydrogen (secondary N) is 1. The van der Waals surface area contributed by atoms with E-state index in [0.29, 0.717) is 11.7 Å². The van der Waals surface area contributed by atoms with Gasteiger partial charge in [-0.25, -0.2) is 4.68 Å². The number of benzene rings is 1. The summed E-state index contributed by atoms with van der Waals surface area (Å²) in [7, 11) is 0. The van der Waals surface area contributed by atoms with Crippen LogP contribution in [0.25, 0.3) is 0 Å². The third-order valence-corrected chi connectivity index (χ3v) is 5.39. The molecule has 2 aromatic rings. The van der Waals surface area contributed by atoms with Crippen LogP contribution in [-0.4, -0.2) is 55.4 Å². The van der Waals surface area contributed by atoms with Crippen molar-refractivity contribution >= 4 is 17.7 Å². The Morgan fingerprint density at radius 3 is 3.04 bits per heavy atom. The van der Waals surface area contributed by atoms with Crippen LogP contribution in [-0.2, 0) is 17.9 Å². The molecular formula is C18H24N6OS. The van der Waals surface area contributed by atoms with E-state index in [9.17, 15) is 4.79 Å². The Bertz CT molecular complexity index is 734. The summed E-state index contributed by atoms with van der Waals surface area (Å²) in [6.07, 6.45) is 2.70. The number of allylic oxidation sites excluding steroid dienone is 1. The molecule has 0 spiro atoms. The largest absolute Gasteiger partial charge is 0.351 e. The molecule has 26 heavy (non-hydrogen) atoms. The van der Waals surface area contributed by atoms with E-state index in [1.54, 1.807) is 10.8 Å². The zero-order valence-corrected chi connectivity index (χ0v) is 15.7. The number of thioether (sulfide) groups is 1. The van der Waals surface area contributed by atoms with E-state index >= 15 is 0 Å². The van der Waals surface area contributed by atoms with Gasteiger partial charge in [0.05, 0.1) is 11.8 Å². The maximum absolute atomic E-state index is 12.5. The maximum atomic E-state index is 12.5. The van der Waals surface area contributed by atoms with Crippen LogP contribution in [0.4, 0.5) is 0 Å². The van der Waals surface area contributed by atoms with Crippen LogP contribution in [0.5, 0.6) is 0 Å². The van der Waals surface area contributed by atoms with Crippen molar-refractivity contribution in [2.75, 3.05) is 13.1 Å². The van der Waals surface area contributed by atoms with Gasteiger partial charge in [-0.2, -0.15) is 0 Å². The predicted molar refractivity (Wildman–Crippen MR) is 102 cm³/mol. The monoisotopic (exact) mass is 372 g/mol. The van der Waals surface area contributed by atoms with Gasteiger partial charge in [-0.15, -0.1) is 11.7 Å². The number of likely N-dealkylation sites (tertiary alicyclic amines) is 1. The number of hydrogen-bond acceptors (Lipinski definition) is 6. The van der Waals surface area contributed by atoms with Gasteiger partial charge in [-0.05, 0) is 29.3 Å². The minimum Gasteiger partial charge on any atom is -0.351 e. The molecular weight excluding hydrogens is 348 g/mol. The quantitative estimate of drug-likeness (QED) is 0.562. The molecule has 1 fully saturated rings. The Kier molecular flexibility index (Phi) is 6.40. The molecule has 0 unspecified atom stereocenters. The second kappa shape index (κ2) is 8.95. The van der Waals surface area contributed by atoms with E-state index in [0.717, 1.165) is 26.1 Å². The normalized spacial score (nSPS) is 18.6. The van der Waals surface area contributed by atoms with E-state index in [4.69, 9.17) is 0 Å². The molecule has 0 bridgehead atoms. The van der Waals surface area contributed by atoms with Crippen molar-refractivity contribution in [1.29, 1.82) is 0 Å². The highest BCUT2D eigenvalue weighted by atomic mass is 32.2. The summed E-state index contributed by atoms with van der Waals surface area (Å²) in [5.41, 5.74) is 1.30. The average Bonchev–Trinajstić information content (AvgIpc) is 3.26. The summed E-state index contributed by atoms with van der Waals surface area (Å²) in [4.78, 5) is 14.9. The van der Waals surface area contributed by atoms with Gasteiger partial charge in [0.2, 0.25) is 11.1 Å². The second-order valence-electron chi connectivity index (χ2n) is 6.41. The van der Waals surface area contributed by atoms with Crippen LogP contribution in [0.1, 0.15) is 18.9 Å². The molecule has 2 atom stereocenters. The molecule has 138 valence electrons. The summed E-state index contributed by atoms with van der Waals surface area (Å²) in [6.45, 7) is 8.90. The topological polar surface area (TPSA) is 75.9 Å². The Balaban J connectivity index is 1.47. The van der Waals surface area contributed by atoms with Crippen molar-refractivity contribution in [3.05, 3.63) is 48.6 Å². The van der Waals surface area contributed by atoms with Gasteiger partial charge >= 0.3 is 0 Å². The first kappa shape index (κ1) is 18.6. The minimum atomic E-state index is -0.257. The van der Waals surface area contributed by atoms with Gasteiger partial charge in [0, 0.05) is 25.7 Å². The average molecular weight is 372 g/mol. The van der Waals surface area contributed by atoms with Gasteiger partial charge in [-0.1, -0.05) is 48.2 Å². The highest BCUT2D eigenvalue weighted by Gasteiger charge is 2.26. The number of carbonyl (C=O) groups excluding carboxylic acids is 1. The predicted octanol–water partition coefficient (Wildman–Crippen LogP) is 1.73. The minimum absolute atomic E-state index is 0.0229. The Hall–Kier alpha value is -2.19. The standard InChI is InChI=1S/C18H24N6OS/c1-3-10-24-18(20-21-22-24)26-14(2)17(25)19-16-9-11-23(13-16)12-15-7-5-4-6-8-15/h3-8,14,16H,1,9-13H2,2H3,(H,19,25)/t14-,16-/m0/s1. The second-order valence-corrected chi connectivity index (χ2v) is 7.72. The number of rotatable bonds is 8. The first-order chi connectivity index (χ1) is 12.7.